The molecule has 0 spiro atoms. The smallest absolute Gasteiger partial charge is 0.181 e. The van der Waals surface area contributed by atoms with Crippen LogP contribution in [0.2, 0.25) is 0 Å². The number of Topliss-reactive ketones (excluding diaryl/α,β-unsaturated/α-hetero) is 1. The molecule has 136 valence electrons. The highest BCUT2D eigenvalue weighted by atomic mass is 16.1. The molecule has 2 heteroatoms. The Balaban J connectivity index is 1.50. The standard InChI is InChI=1S/C26H21NO/c28-26(21-13-5-2-6-14-21)25-24(20-11-3-1-4-12-20)27(25)18-22-16-9-15-19-10-7-8-17-23(19)22/h1-17,24-25H,18H2. The van der Waals surface area contributed by atoms with Gasteiger partial charge in [0, 0.05) is 12.1 Å². The third-order valence-electron chi connectivity index (χ3n) is 5.62. The second-order valence-corrected chi connectivity index (χ2v) is 7.34. The summed E-state index contributed by atoms with van der Waals surface area (Å²) in [6.45, 7) is 0.768. The Bertz CT molecular complexity index is 1120. The first kappa shape index (κ1) is 16.9. The number of benzene rings is 4. The molecule has 0 N–H and O–H groups in total. The van der Waals surface area contributed by atoms with Gasteiger partial charge in [-0.1, -0.05) is 103 Å². The van der Waals surface area contributed by atoms with Gasteiger partial charge in [0.05, 0.1) is 12.1 Å². The summed E-state index contributed by atoms with van der Waals surface area (Å²) < 4.78 is 0. The van der Waals surface area contributed by atoms with Crippen LogP contribution in [0.5, 0.6) is 0 Å². The fourth-order valence-electron chi connectivity index (χ4n) is 4.19. The third kappa shape index (κ3) is 3.02. The number of carbonyl (C=O) groups excluding carboxylic acids is 1. The molecule has 0 bridgehead atoms. The first-order valence-corrected chi connectivity index (χ1v) is 9.69. The van der Waals surface area contributed by atoms with Crippen LogP contribution in [0.15, 0.2) is 103 Å². The van der Waals surface area contributed by atoms with Gasteiger partial charge in [-0.05, 0) is 21.9 Å². The minimum atomic E-state index is -0.108. The number of carbonyl (C=O) groups is 1. The first-order chi connectivity index (χ1) is 13.8. The Morgan fingerprint density at radius 1 is 0.714 bits per heavy atom. The molecule has 1 saturated heterocycles. The van der Waals surface area contributed by atoms with Gasteiger partial charge >= 0.3 is 0 Å². The van der Waals surface area contributed by atoms with Crippen molar-refractivity contribution in [3.8, 4) is 0 Å². The number of hydrogen-bond donors (Lipinski definition) is 0. The fourth-order valence-corrected chi connectivity index (χ4v) is 4.19. The molecule has 0 aliphatic carbocycles. The van der Waals surface area contributed by atoms with Crippen molar-refractivity contribution in [2.45, 2.75) is 18.6 Å². The molecule has 28 heavy (non-hydrogen) atoms. The first-order valence-electron chi connectivity index (χ1n) is 9.69. The van der Waals surface area contributed by atoms with Crippen molar-refractivity contribution >= 4 is 16.6 Å². The molecule has 0 saturated carbocycles. The fraction of sp³-hybridized carbons (Fsp3) is 0.115. The van der Waals surface area contributed by atoms with Crippen LogP contribution in [-0.4, -0.2) is 16.7 Å². The predicted molar refractivity (Wildman–Crippen MR) is 113 cm³/mol. The predicted octanol–water partition coefficient (Wildman–Crippen LogP) is 5.65. The van der Waals surface area contributed by atoms with Crippen LogP contribution in [0.25, 0.3) is 10.8 Å². The summed E-state index contributed by atoms with van der Waals surface area (Å²) in [5.41, 5.74) is 3.26. The van der Waals surface area contributed by atoms with Crippen LogP contribution in [0, 0.1) is 0 Å². The topological polar surface area (TPSA) is 20.1 Å². The molecule has 1 aliphatic rings. The van der Waals surface area contributed by atoms with E-state index >= 15 is 0 Å². The molecular formula is C26H21NO. The van der Waals surface area contributed by atoms with Crippen molar-refractivity contribution in [1.82, 2.24) is 4.90 Å². The van der Waals surface area contributed by atoms with Crippen LogP contribution in [0.3, 0.4) is 0 Å². The highest BCUT2D eigenvalue weighted by molar-refractivity contribution is 6.02. The zero-order valence-electron chi connectivity index (χ0n) is 15.5. The van der Waals surface area contributed by atoms with E-state index in [4.69, 9.17) is 0 Å². The van der Waals surface area contributed by atoms with Crippen molar-refractivity contribution in [3.63, 3.8) is 0 Å². The second-order valence-electron chi connectivity index (χ2n) is 7.34. The number of fused-ring (bicyclic) bond motifs is 1. The molecule has 0 radical (unpaired) electrons. The van der Waals surface area contributed by atoms with Crippen molar-refractivity contribution < 1.29 is 4.79 Å². The van der Waals surface area contributed by atoms with Crippen molar-refractivity contribution in [2.24, 2.45) is 0 Å². The summed E-state index contributed by atoms with van der Waals surface area (Å²) in [4.78, 5) is 15.5. The number of rotatable bonds is 5. The van der Waals surface area contributed by atoms with Gasteiger partial charge in [0.25, 0.3) is 0 Å². The molecule has 4 aromatic carbocycles. The lowest BCUT2D eigenvalue weighted by atomic mass is 10.0. The third-order valence-corrected chi connectivity index (χ3v) is 5.62. The van der Waals surface area contributed by atoms with Crippen molar-refractivity contribution in [1.29, 1.82) is 0 Å². The van der Waals surface area contributed by atoms with Gasteiger partial charge in [0.2, 0.25) is 0 Å². The van der Waals surface area contributed by atoms with E-state index in [1.807, 2.05) is 48.5 Å². The van der Waals surface area contributed by atoms with E-state index in [0.29, 0.717) is 0 Å². The highest BCUT2D eigenvalue weighted by Gasteiger charge is 2.52. The lowest BCUT2D eigenvalue weighted by Crippen LogP contribution is -2.13. The Morgan fingerprint density at radius 3 is 2.14 bits per heavy atom. The van der Waals surface area contributed by atoms with E-state index < -0.39 is 0 Å². The van der Waals surface area contributed by atoms with E-state index in [0.717, 1.165) is 12.1 Å². The van der Waals surface area contributed by atoms with Crippen LogP contribution in [-0.2, 0) is 6.54 Å². The minimum Gasteiger partial charge on any atom is -0.292 e. The maximum atomic E-state index is 13.2. The van der Waals surface area contributed by atoms with E-state index in [9.17, 15) is 4.79 Å². The molecular weight excluding hydrogens is 342 g/mol. The van der Waals surface area contributed by atoms with Crippen molar-refractivity contribution in [2.75, 3.05) is 0 Å². The van der Waals surface area contributed by atoms with E-state index in [2.05, 4.69) is 59.5 Å². The Hall–Kier alpha value is -3.23. The minimum absolute atomic E-state index is 0.108. The molecule has 2 nitrogen and oxygen atoms in total. The number of nitrogens with zero attached hydrogens (tertiary/aromatic N) is 1. The molecule has 3 atom stereocenters. The number of hydrogen-bond acceptors (Lipinski definition) is 2. The normalized spacial score (nSPS) is 20.8. The summed E-state index contributed by atoms with van der Waals surface area (Å²) >= 11 is 0. The summed E-state index contributed by atoms with van der Waals surface area (Å²) in [7, 11) is 0. The van der Waals surface area contributed by atoms with Gasteiger partial charge in [-0.3, -0.25) is 9.69 Å². The van der Waals surface area contributed by atoms with Crippen LogP contribution in [0.4, 0.5) is 0 Å². The van der Waals surface area contributed by atoms with Gasteiger partial charge < -0.3 is 0 Å². The largest absolute Gasteiger partial charge is 0.292 e. The van der Waals surface area contributed by atoms with Gasteiger partial charge in [-0.2, -0.15) is 0 Å². The molecule has 1 heterocycles. The van der Waals surface area contributed by atoms with Gasteiger partial charge in [0.15, 0.2) is 5.78 Å². The second kappa shape index (κ2) is 7.06. The van der Waals surface area contributed by atoms with Crippen LogP contribution in [0.1, 0.15) is 27.5 Å². The molecule has 1 fully saturated rings. The van der Waals surface area contributed by atoms with Crippen LogP contribution < -0.4 is 0 Å². The highest BCUT2D eigenvalue weighted by Crippen LogP contribution is 2.46. The Morgan fingerprint density at radius 2 is 1.36 bits per heavy atom. The quantitative estimate of drug-likeness (QED) is 0.337. The maximum Gasteiger partial charge on any atom is 0.181 e. The lowest BCUT2D eigenvalue weighted by Gasteiger charge is -2.09. The summed E-state index contributed by atoms with van der Waals surface area (Å²) in [5, 5.41) is 2.50. The average molecular weight is 363 g/mol. The Labute approximate surface area is 165 Å². The molecule has 4 aromatic rings. The zero-order valence-corrected chi connectivity index (χ0v) is 15.5. The molecule has 0 amide bonds. The van der Waals surface area contributed by atoms with E-state index in [1.165, 1.54) is 21.9 Å². The Kier molecular flexibility index (Phi) is 4.27. The van der Waals surface area contributed by atoms with E-state index in [-0.39, 0.29) is 17.9 Å². The molecule has 3 unspecified atom stereocenters. The van der Waals surface area contributed by atoms with Gasteiger partial charge in [-0.25, -0.2) is 0 Å². The summed E-state index contributed by atoms with van der Waals surface area (Å²) in [6, 6.07) is 34.9. The lowest BCUT2D eigenvalue weighted by molar-refractivity contribution is 0.0973. The molecule has 0 aromatic heterocycles. The maximum absolute atomic E-state index is 13.2. The van der Waals surface area contributed by atoms with E-state index in [1.54, 1.807) is 0 Å². The summed E-state index contributed by atoms with van der Waals surface area (Å²) in [6.07, 6.45) is 0. The van der Waals surface area contributed by atoms with Gasteiger partial charge in [0.1, 0.15) is 0 Å². The molecule has 5 rings (SSSR count). The average Bonchev–Trinajstić information content (AvgIpc) is 3.48. The number of ketones is 1. The van der Waals surface area contributed by atoms with Crippen molar-refractivity contribution in [3.05, 3.63) is 120 Å². The zero-order chi connectivity index (χ0) is 18.9. The molecule has 1 aliphatic heterocycles. The summed E-state index contributed by atoms with van der Waals surface area (Å²) in [5.74, 6) is 0.203. The SMILES string of the molecule is O=C(c1ccccc1)C1C(c2ccccc2)N1Cc1cccc2ccccc12. The van der Waals surface area contributed by atoms with Crippen LogP contribution >= 0.6 is 0 Å². The monoisotopic (exact) mass is 363 g/mol. The van der Waals surface area contributed by atoms with Gasteiger partial charge in [-0.15, -0.1) is 0 Å².